The van der Waals surface area contributed by atoms with Crippen LogP contribution >= 0.6 is 11.3 Å². The molecule has 23 heavy (non-hydrogen) atoms. The second-order valence-corrected chi connectivity index (χ2v) is 6.37. The molecule has 0 aliphatic carbocycles. The summed E-state index contributed by atoms with van der Waals surface area (Å²) in [4.78, 5) is 21.5. The number of carboxylic acid groups (broad SMARTS) is 1. The molecule has 3 rings (SSSR count). The number of hydrogen-bond acceptors (Lipinski definition) is 5. The van der Waals surface area contributed by atoms with E-state index in [1.807, 2.05) is 38.1 Å². The molecule has 118 valence electrons. The number of fused-ring (bicyclic) bond motifs is 1. The molecule has 2 aromatic heterocycles. The Morgan fingerprint density at radius 2 is 1.91 bits per heavy atom. The number of thiophene rings is 1. The van der Waals surface area contributed by atoms with E-state index in [9.17, 15) is 9.90 Å². The highest BCUT2D eigenvalue weighted by Crippen LogP contribution is 2.35. The molecule has 2 N–H and O–H groups in total. The molecule has 2 heterocycles. The van der Waals surface area contributed by atoms with Gasteiger partial charge < -0.3 is 10.4 Å². The van der Waals surface area contributed by atoms with Crippen molar-refractivity contribution in [1.29, 1.82) is 0 Å². The molecule has 0 spiro atoms. The van der Waals surface area contributed by atoms with E-state index in [0.29, 0.717) is 33.3 Å². The number of aromatic carboxylic acids is 1. The average molecular weight is 327 g/mol. The zero-order valence-corrected chi connectivity index (χ0v) is 14.0. The molecule has 0 atom stereocenters. The Kier molecular flexibility index (Phi) is 4.00. The molecule has 0 saturated carbocycles. The maximum atomic E-state index is 11.4. The number of anilines is 2. The number of benzene rings is 1. The fourth-order valence-corrected chi connectivity index (χ4v) is 3.45. The standard InChI is InChI=1S/C17H17N3O2S/c1-4-12-19-15(18-11-7-5-9(2)6-8-11)13-10(3)14(17(21)22)23-16(13)20-12/h5-8H,4H2,1-3H3,(H,21,22)(H,18,19,20). The summed E-state index contributed by atoms with van der Waals surface area (Å²) >= 11 is 1.20. The van der Waals surface area contributed by atoms with Gasteiger partial charge in [0.25, 0.3) is 0 Å². The van der Waals surface area contributed by atoms with Crippen molar-refractivity contribution in [2.45, 2.75) is 27.2 Å². The number of aromatic nitrogens is 2. The third-order valence-corrected chi connectivity index (χ3v) is 4.83. The SMILES string of the molecule is CCc1nc(Nc2ccc(C)cc2)c2c(C)c(C(=O)O)sc2n1. The van der Waals surface area contributed by atoms with Gasteiger partial charge in [-0.2, -0.15) is 0 Å². The van der Waals surface area contributed by atoms with Crippen LogP contribution in [0.4, 0.5) is 11.5 Å². The molecule has 0 aliphatic rings. The summed E-state index contributed by atoms with van der Waals surface area (Å²) in [5, 5.41) is 13.4. The summed E-state index contributed by atoms with van der Waals surface area (Å²) < 4.78 is 0. The predicted octanol–water partition coefficient (Wildman–Crippen LogP) is 4.31. The molecule has 3 aromatic rings. The maximum Gasteiger partial charge on any atom is 0.346 e. The molecule has 1 aromatic carbocycles. The quantitative estimate of drug-likeness (QED) is 0.746. The van der Waals surface area contributed by atoms with Crippen LogP contribution < -0.4 is 5.32 Å². The second kappa shape index (κ2) is 5.96. The van der Waals surface area contributed by atoms with Crippen molar-refractivity contribution >= 4 is 39.0 Å². The van der Waals surface area contributed by atoms with Crippen LogP contribution in [-0.4, -0.2) is 21.0 Å². The Hall–Kier alpha value is -2.47. The Balaban J connectivity index is 2.17. The normalized spacial score (nSPS) is 10.9. The van der Waals surface area contributed by atoms with Crippen LogP contribution in [0.1, 0.15) is 33.5 Å². The van der Waals surface area contributed by atoms with Crippen LogP contribution in [0.25, 0.3) is 10.2 Å². The lowest BCUT2D eigenvalue weighted by Gasteiger charge is -2.09. The van der Waals surface area contributed by atoms with E-state index in [0.717, 1.165) is 11.1 Å². The van der Waals surface area contributed by atoms with Crippen molar-refractivity contribution in [3.05, 3.63) is 46.1 Å². The van der Waals surface area contributed by atoms with Crippen molar-refractivity contribution in [3.63, 3.8) is 0 Å². The smallest absolute Gasteiger partial charge is 0.346 e. The van der Waals surface area contributed by atoms with Gasteiger partial charge in [-0.1, -0.05) is 24.6 Å². The van der Waals surface area contributed by atoms with Gasteiger partial charge in [0, 0.05) is 12.1 Å². The Labute approximate surface area is 138 Å². The average Bonchev–Trinajstić information content (AvgIpc) is 2.87. The van der Waals surface area contributed by atoms with Gasteiger partial charge in [0.2, 0.25) is 0 Å². The largest absolute Gasteiger partial charge is 0.477 e. The van der Waals surface area contributed by atoms with Crippen LogP contribution in [0.15, 0.2) is 24.3 Å². The maximum absolute atomic E-state index is 11.4. The Bertz CT molecular complexity index is 885. The first-order chi connectivity index (χ1) is 11.0. The molecule has 0 amide bonds. The third kappa shape index (κ3) is 2.90. The minimum Gasteiger partial charge on any atom is -0.477 e. The number of carboxylic acids is 1. The van der Waals surface area contributed by atoms with Gasteiger partial charge in [-0.25, -0.2) is 14.8 Å². The Morgan fingerprint density at radius 1 is 1.22 bits per heavy atom. The van der Waals surface area contributed by atoms with E-state index in [4.69, 9.17) is 0 Å². The highest BCUT2D eigenvalue weighted by molar-refractivity contribution is 7.20. The molecule has 6 heteroatoms. The number of carbonyl (C=O) groups is 1. The van der Waals surface area contributed by atoms with Gasteiger partial charge in [0.05, 0.1) is 5.39 Å². The first-order valence-electron chi connectivity index (χ1n) is 7.36. The van der Waals surface area contributed by atoms with E-state index < -0.39 is 5.97 Å². The van der Waals surface area contributed by atoms with Gasteiger partial charge in [-0.3, -0.25) is 0 Å². The lowest BCUT2D eigenvalue weighted by atomic mass is 10.2. The molecule has 0 bridgehead atoms. The van der Waals surface area contributed by atoms with Gasteiger partial charge in [-0.05, 0) is 31.5 Å². The van der Waals surface area contributed by atoms with E-state index in [1.165, 1.54) is 16.9 Å². The summed E-state index contributed by atoms with van der Waals surface area (Å²) in [7, 11) is 0. The fourth-order valence-electron chi connectivity index (χ4n) is 2.41. The van der Waals surface area contributed by atoms with Gasteiger partial charge in [0.15, 0.2) is 0 Å². The topological polar surface area (TPSA) is 75.1 Å². The minimum atomic E-state index is -0.926. The zero-order valence-electron chi connectivity index (χ0n) is 13.2. The number of rotatable bonds is 4. The number of aryl methyl sites for hydroxylation is 3. The molecule has 0 aliphatic heterocycles. The van der Waals surface area contributed by atoms with Crippen LogP contribution in [0.2, 0.25) is 0 Å². The first kappa shape index (κ1) is 15.4. The predicted molar refractivity (Wildman–Crippen MR) is 93.0 cm³/mol. The summed E-state index contributed by atoms with van der Waals surface area (Å²) in [6, 6.07) is 8.00. The number of hydrogen-bond donors (Lipinski definition) is 2. The van der Waals surface area contributed by atoms with Crippen molar-refractivity contribution < 1.29 is 9.90 Å². The lowest BCUT2D eigenvalue weighted by Crippen LogP contribution is -2.01. The summed E-state index contributed by atoms with van der Waals surface area (Å²) in [5.41, 5.74) is 2.80. The number of nitrogens with zero attached hydrogens (tertiary/aromatic N) is 2. The van der Waals surface area contributed by atoms with E-state index in [1.54, 1.807) is 6.92 Å². The Morgan fingerprint density at radius 3 is 2.52 bits per heavy atom. The van der Waals surface area contributed by atoms with Crippen molar-refractivity contribution in [1.82, 2.24) is 9.97 Å². The first-order valence-corrected chi connectivity index (χ1v) is 8.18. The zero-order chi connectivity index (χ0) is 16.6. The highest BCUT2D eigenvalue weighted by Gasteiger charge is 2.19. The fraction of sp³-hybridized carbons (Fsp3) is 0.235. The van der Waals surface area contributed by atoms with Crippen molar-refractivity contribution in [3.8, 4) is 0 Å². The number of nitrogens with one attached hydrogen (secondary N) is 1. The lowest BCUT2D eigenvalue weighted by molar-refractivity contribution is 0.0701. The van der Waals surface area contributed by atoms with Crippen LogP contribution in [0.3, 0.4) is 0 Å². The summed E-state index contributed by atoms with van der Waals surface area (Å²) in [6.07, 6.45) is 0.692. The van der Waals surface area contributed by atoms with Gasteiger partial charge >= 0.3 is 5.97 Å². The van der Waals surface area contributed by atoms with E-state index in [-0.39, 0.29) is 0 Å². The molecule has 0 unspecified atom stereocenters. The van der Waals surface area contributed by atoms with E-state index >= 15 is 0 Å². The molecule has 5 nitrogen and oxygen atoms in total. The van der Waals surface area contributed by atoms with Crippen LogP contribution in [0.5, 0.6) is 0 Å². The third-order valence-electron chi connectivity index (χ3n) is 3.66. The molecular formula is C17H17N3O2S. The van der Waals surface area contributed by atoms with Crippen LogP contribution in [-0.2, 0) is 6.42 Å². The summed E-state index contributed by atoms with van der Waals surface area (Å²) in [5.74, 6) is 0.437. The van der Waals surface area contributed by atoms with E-state index in [2.05, 4.69) is 15.3 Å². The molecule has 0 saturated heterocycles. The highest BCUT2D eigenvalue weighted by atomic mass is 32.1. The van der Waals surface area contributed by atoms with Gasteiger partial charge in [0.1, 0.15) is 21.3 Å². The molecule has 0 fully saturated rings. The van der Waals surface area contributed by atoms with Crippen LogP contribution in [0, 0.1) is 13.8 Å². The monoisotopic (exact) mass is 327 g/mol. The van der Waals surface area contributed by atoms with Crippen molar-refractivity contribution in [2.24, 2.45) is 0 Å². The second-order valence-electron chi connectivity index (χ2n) is 5.37. The van der Waals surface area contributed by atoms with Gasteiger partial charge in [-0.15, -0.1) is 11.3 Å². The molecule has 0 radical (unpaired) electrons. The molecular weight excluding hydrogens is 310 g/mol. The summed E-state index contributed by atoms with van der Waals surface area (Å²) in [6.45, 7) is 5.82. The minimum absolute atomic E-state index is 0.314. The van der Waals surface area contributed by atoms with Crippen molar-refractivity contribution in [2.75, 3.05) is 5.32 Å².